The minimum absolute atomic E-state index is 0.0190. The van der Waals surface area contributed by atoms with E-state index in [0.29, 0.717) is 0 Å². The summed E-state index contributed by atoms with van der Waals surface area (Å²) in [6.07, 6.45) is 15.4. The predicted octanol–water partition coefficient (Wildman–Crippen LogP) is 9.76. The minimum Gasteiger partial charge on any atom is -0.493 e. The summed E-state index contributed by atoms with van der Waals surface area (Å²) in [7, 11) is 0. The van der Waals surface area contributed by atoms with Crippen LogP contribution in [0.25, 0.3) is 0 Å². The summed E-state index contributed by atoms with van der Waals surface area (Å²) < 4.78 is 12.8. The summed E-state index contributed by atoms with van der Waals surface area (Å²) in [4.78, 5) is 0. The molecule has 0 N–H and O–H groups in total. The van der Waals surface area contributed by atoms with Gasteiger partial charge in [0, 0.05) is 11.1 Å². The molecule has 1 aromatic carbocycles. The molecule has 0 aliphatic rings. The Kier molecular flexibility index (Phi) is 13.4. The molecule has 0 fully saturated rings. The van der Waals surface area contributed by atoms with E-state index in [4.69, 9.17) is 9.47 Å². The van der Waals surface area contributed by atoms with E-state index < -0.39 is 0 Å². The van der Waals surface area contributed by atoms with E-state index in [-0.39, 0.29) is 10.8 Å². The van der Waals surface area contributed by atoms with E-state index >= 15 is 0 Å². The van der Waals surface area contributed by atoms with E-state index in [2.05, 4.69) is 67.5 Å². The number of rotatable bonds is 16. The Morgan fingerprint density at radius 2 is 0.812 bits per heavy atom. The molecular weight excluding hydrogens is 392 g/mol. The third-order valence-corrected chi connectivity index (χ3v) is 6.21. The normalized spacial score (nSPS) is 12.2. The first kappa shape index (κ1) is 28.9. The van der Waals surface area contributed by atoms with Crippen LogP contribution in [0.3, 0.4) is 0 Å². The lowest BCUT2D eigenvalue weighted by Gasteiger charge is -2.29. The van der Waals surface area contributed by atoms with Crippen LogP contribution in [-0.2, 0) is 10.8 Å². The van der Waals surface area contributed by atoms with Crippen molar-refractivity contribution in [3.05, 3.63) is 23.3 Å². The lowest BCUT2D eigenvalue weighted by Crippen LogP contribution is -2.19. The molecular formula is C30H54O2. The molecule has 0 radical (unpaired) electrons. The van der Waals surface area contributed by atoms with Crippen LogP contribution in [0.4, 0.5) is 0 Å². The van der Waals surface area contributed by atoms with Crippen molar-refractivity contribution < 1.29 is 9.47 Å². The highest BCUT2D eigenvalue weighted by Crippen LogP contribution is 2.41. The summed E-state index contributed by atoms with van der Waals surface area (Å²) in [5.41, 5.74) is 2.56. The van der Waals surface area contributed by atoms with Gasteiger partial charge in [-0.2, -0.15) is 0 Å². The molecule has 0 atom stereocenters. The molecule has 2 nitrogen and oxygen atoms in total. The van der Waals surface area contributed by atoms with Crippen LogP contribution >= 0.6 is 0 Å². The summed E-state index contributed by atoms with van der Waals surface area (Å²) in [6, 6.07) is 4.54. The van der Waals surface area contributed by atoms with Gasteiger partial charge in [-0.25, -0.2) is 0 Å². The second-order valence-electron chi connectivity index (χ2n) is 11.6. The molecule has 0 bridgehead atoms. The van der Waals surface area contributed by atoms with E-state index in [9.17, 15) is 0 Å². The Labute approximate surface area is 200 Å². The van der Waals surface area contributed by atoms with Crippen molar-refractivity contribution in [2.45, 2.75) is 143 Å². The number of ether oxygens (including phenoxy) is 2. The van der Waals surface area contributed by atoms with Gasteiger partial charge in [0.15, 0.2) is 0 Å². The summed E-state index contributed by atoms with van der Waals surface area (Å²) in [5.74, 6) is 2.09. The van der Waals surface area contributed by atoms with Crippen LogP contribution in [0.5, 0.6) is 11.5 Å². The molecule has 0 saturated carbocycles. The molecule has 0 saturated heterocycles. The van der Waals surface area contributed by atoms with Crippen molar-refractivity contribution >= 4 is 0 Å². The Morgan fingerprint density at radius 1 is 0.500 bits per heavy atom. The van der Waals surface area contributed by atoms with Crippen molar-refractivity contribution in [2.75, 3.05) is 13.2 Å². The first-order valence-electron chi connectivity index (χ1n) is 13.6. The molecule has 0 aliphatic heterocycles. The van der Waals surface area contributed by atoms with Crippen LogP contribution in [0.1, 0.15) is 144 Å². The van der Waals surface area contributed by atoms with Crippen molar-refractivity contribution in [2.24, 2.45) is 0 Å². The summed E-state index contributed by atoms with van der Waals surface area (Å²) >= 11 is 0. The first-order chi connectivity index (χ1) is 15.1. The maximum atomic E-state index is 6.39. The lowest BCUT2D eigenvalue weighted by atomic mass is 9.81. The van der Waals surface area contributed by atoms with Crippen molar-refractivity contribution in [3.8, 4) is 11.5 Å². The Hall–Kier alpha value is -1.18. The second-order valence-corrected chi connectivity index (χ2v) is 11.6. The molecule has 186 valence electrons. The van der Waals surface area contributed by atoms with Crippen LogP contribution in [0, 0.1) is 0 Å². The predicted molar refractivity (Wildman–Crippen MR) is 142 cm³/mol. The van der Waals surface area contributed by atoms with Crippen molar-refractivity contribution in [1.82, 2.24) is 0 Å². The summed E-state index contributed by atoms with van der Waals surface area (Å²) in [5, 5.41) is 0. The van der Waals surface area contributed by atoms with Gasteiger partial charge < -0.3 is 9.47 Å². The number of hydrogen-bond acceptors (Lipinski definition) is 2. The minimum atomic E-state index is 0.0190. The third kappa shape index (κ3) is 11.1. The van der Waals surface area contributed by atoms with Crippen LogP contribution in [0.15, 0.2) is 12.1 Å². The van der Waals surface area contributed by atoms with Gasteiger partial charge in [-0.1, -0.05) is 120 Å². The standard InChI is InChI=1S/C30H54O2/c1-9-11-13-15-17-19-21-31-27-23-26(30(6,7)8)28(24-25(27)29(3,4)5)32-22-20-18-16-14-12-10-2/h23-24H,9-22H2,1-8H3. The molecule has 1 rings (SSSR count). The van der Waals surface area contributed by atoms with Crippen LogP contribution in [-0.4, -0.2) is 13.2 Å². The second kappa shape index (κ2) is 14.9. The number of unbranched alkanes of at least 4 members (excludes halogenated alkanes) is 10. The monoisotopic (exact) mass is 446 g/mol. The molecule has 0 spiro atoms. The molecule has 0 aromatic heterocycles. The molecule has 1 aromatic rings. The van der Waals surface area contributed by atoms with Crippen LogP contribution < -0.4 is 9.47 Å². The maximum Gasteiger partial charge on any atom is 0.123 e. The SMILES string of the molecule is CCCCCCCCOc1cc(C(C)(C)C)c(OCCCCCCCC)cc1C(C)(C)C. The zero-order valence-electron chi connectivity index (χ0n) is 22.9. The van der Waals surface area contributed by atoms with Crippen LogP contribution in [0.2, 0.25) is 0 Å². The Bertz CT molecular complexity index is 563. The molecule has 32 heavy (non-hydrogen) atoms. The van der Waals surface area contributed by atoms with Gasteiger partial charge in [0.25, 0.3) is 0 Å². The maximum absolute atomic E-state index is 6.39. The van der Waals surface area contributed by atoms with Gasteiger partial charge in [0.1, 0.15) is 11.5 Å². The van der Waals surface area contributed by atoms with E-state index in [1.807, 2.05) is 0 Å². The van der Waals surface area contributed by atoms with Gasteiger partial charge in [-0.05, 0) is 35.8 Å². The molecule has 2 heteroatoms. The molecule has 0 amide bonds. The topological polar surface area (TPSA) is 18.5 Å². The zero-order chi connectivity index (χ0) is 24.0. The van der Waals surface area contributed by atoms with E-state index in [1.165, 1.54) is 75.3 Å². The van der Waals surface area contributed by atoms with Gasteiger partial charge in [-0.15, -0.1) is 0 Å². The highest BCUT2D eigenvalue weighted by molar-refractivity contribution is 5.51. The fraction of sp³-hybridized carbons (Fsp3) is 0.800. The fourth-order valence-electron chi connectivity index (χ4n) is 4.10. The Morgan fingerprint density at radius 3 is 1.12 bits per heavy atom. The van der Waals surface area contributed by atoms with E-state index in [0.717, 1.165) is 37.6 Å². The lowest BCUT2D eigenvalue weighted by molar-refractivity contribution is 0.283. The average molecular weight is 447 g/mol. The third-order valence-electron chi connectivity index (χ3n) is 6.21. The van der Waals surface area contributed by atoms with Gasteiger partial charge in [0.05, 0.1) is 13.2 Å². The zero-order valence-corrected chi connectivity index (χ0v) is 22.9. The highest BCUT2D eigenvalue weighted by atomic mass is 16.5. The summed E-state index contributed by atoms with van der Waals surface area (Å²) in [6.45, 7) is 19.8. The van der Waals surface area contributed by atoms with Crippen molar-refractivity contribution in [3.63, 3.8) is 0 Å². The average Bonchev–Trinajstić information content (AvgIpc) is 2.71. The number of hydrogen-bond donors (Lipinski definition) is 0. The highest BCUT2D eigenvalue weighted by Gasteiger charge is 2.26. The largest absolute Gasteiger partial charge is 0.493 e. The van der Waals surface area contributed by atoms with E-state index in [1.54, 1.807) is 0 Å². The van der Waals surface area contributed by atoms with Gasteiger partial charge in [-0.3, -0.25) is 0 Å². The first-order valence-corrected chi connectivity index (χ1v) is 13.6. The van der Waals surface area contributed by atoms with Gasteiger partial charge >= 0.3 is 0 Å². The quantitative estimate of drug-likeness (QED) is 0.235. The molecule has 0 aliphatic carbocycles. The fourth-order valence-corrected chi connectivity index (χ4v) is 4.10. The number of benzene rings is 1. The molecule has 0 unspecified atom stereocenters. The smallest absolute Gasteiger partial charge is 0.123 e. The van der Waals surface area contributed by atoms with Gasteiger partial charge in [0.2, 0.25) is 0 Å². The Balaban J connectivity index is 2.86. The van der Waals surface area contributed by atoms with Crippen molar-refractivity contribution in [1.29, 1.82) is 0 Å². The molecule has 0 heterocycles.